The Labute approximate surface area is 119 Å². The molecule has 0 spiro atoms. The lowest BCUT2D eigenvalue weighted by Crippen LogP contribution is -2.35. The van der Waals surface area contributed by atoms with Crippen molar-refractivity contribution in [3.63, 3.8) is 0 Å². The molecule has 5 nitrogen and oxygen atoms in total. The van der Waals surface area contributed by atoms with Gasteiger partial charge in [0.25, 0.3) is 0 Å². The molecule has 0 aromatic carbocycles. The van der Waals surface area contributed by atoms with E-state index in [0.717, 1.165) is 24.2 Å². The number of hydrazine groups is 1. The van der Waals surface area contributed by atoms with E-state index in [1.165, 1.54) is 17.7 Å². The van der Waals surface area contributed by atoms with Gasteiger partial charge < -0.3 is 0 Å². The summed E-state index contributed by atoms with van der Waals surface area (Å²) in [7, 11) is 1.97. The van der Waals surface area contributed by atoms with Gasteiger partial charge in [-0.05, 0) is 43.9 Å². The molecule has 2 atom stereocenters. The predicted octanol–water partition coefficient (Wildman–Crippen LogP) is 1.75. The highest BCUT2D eigenvalue weighted by Crippen LogP contribution is 2.38. The van der Waals surface area contributed by atoms with Crippen molar-refractivity contribution in [1.29, 1.82) is 0 Å². The molecule has 2 unspecified atom stereocenters. The number of fused-ring (bicyclic) bond motifs is 1. The minimum atomic E-state index is 0.0511. The Kier molecular flexibility index (Phi) is 3.54. The summed E-state index contributed by atoms with van der Waals surface area (Å²) in [5.74, 6) is 6.16. The molecule has 0 bridgehead atoms. The van der Waals surface area contributed by atoms with Crippen molar-refractivity contribution < 1.29 is 0 Å². The molecule has 0 aliphatic heterocycles. The van der Waals surface area contributed by atoms with Crippen molar-refractivity contribution in [2.24, 2.45) is 12.9 Å². The highest BCUT2D eigenvalue weighted by atomic mass is 15.3. The summed E-state index contributed by atoms with van der Waals surface area (Å²) in [6, 6.07) is 6.34. The fourth-order valence-electron chi connectivity index (χ4n) is 3.30. The van der Waals surface area contributed by atoms with Crippen molar-refractivity contribution >= 4 is 0 Å². The number of nitrogens with one attached hydrogen (secondary N) is 1. The largest absolute Gasteiger partial charge is 0.271 e. The zero-order chi connectivity index (χ0) is 14.1. The van der Waals surface area contributed by atoms with Gasteiger partial charge in [-0.1, -0.05) is 6.07 Å². The van der Waals surface area contributed by atoms with Gasteiger partial charge in [0.1, 0.15) is 0 Å². The Morgan fingerprint density at radius 1 is 1.50 bits per heavy atom. The van der Waals surface area contributed by atoms with Crippen molar-refractivity contribution in [1.82, 2.24) is 20.2 Å². The standard InChI is InChI=1S/C15H21N5/c1-10-9-13(20(2)19-10)15(18-16)12-7-3-5-11-6-4-8-17-14(11)12/h4,6,8-9,12,15,18H,3,5,7,16H2,1-2H3. The van der Waals surface area contributed by atoms with Gasteiger partial charge in [-0.2, -0.15) is 5.10 Å². The minimum absolute atomic E-state index is 0.0511. The second-order valence-corrected chi connectivity index (χ2v) is 5.53. The van der Waals surface area contributed by atoms with Crippen LogP contribution in [0.2, 0.25) is 0 Å². The molecule has 2 aromatic rings. The molecule has 1 aliphatic carbocycles. The SMILES string of the molecule is Cc1cc(C(NN)C2CCCc3cccnc32)n(C)n1. The molecule has 1 aliphatic rings. The molecule has 0 saturated heterocycles. The fraction of sp³-hybridized carbons (Fsp3) is 0.467. The van der Waals surface area contributed by atoms with E-state index in [1.54, 1.807) is 0 Å². The lowest BCUT2D eigenvalue weighted by molar-refractivity contribution is 0.382. The Morgan fingerprint density at radius 2 is 2.35 bits per heavy atom. The van der Waals surface area contributed by atoms with E-state index < -0.39 is 0 Å². The van der Waals surface area contributed by atoms with Gasteiger partial charge >= 0.3 is 0 Å². The molecule has 2 aromatic heterocycles. The minimum Gasteiger partial charge on any atom is -0.271 e. The summed E-state index contributed by atoms with van der Waals surface area (Å²) >= 11 is 0. The maximum atomic E-state index is 5.85. The van der Waals surface area contributed by atoms with Crippen LogP contribution in [0, 0.1) is 6.92 Å². The van der Waals surface area contributed by atoms with Crippen LogP contribution in [0.4, 0.5) is 0 Å². The number of aryl methyl sites for hydroxylation is 3. The Hall–Kier alpha value is -1.72. The third-order valence-electron chi connectivity index (χ3n) is 4.18. The molecule has 0 radical (unpaired) electrons. The quantitative estimate of drug-likeness (QED) is 0.659. The van der Waals surface area contributed by atoms with E-state index in [0.29, 0.717) is 5.92 Å². The van der Waals surface area contributed by atoms with Crippen LogP contribution >= 0.6 is 0 Å². The van der Waals surface area contributed by atoms with E-state index in [9.17, 15) is 0 Å². The topological polar surface area (TPSA) is 68.8 Å². The lowest BCUT2D eigenvalue weighted by Gasteiger charge is -2.31. The van der Waals surface area contributed by atoms with Gasteiger partial charge in [0.05, 0.1) is 17.4 Å². The summed E-state index contributed by atoms with van der Waals surface area (Å²) in [4.78, 5) is 4.61. The highest BCUT2D eigenvalue weighted by molar-refractivity contribution is 5.30. The summed E-state index contributed by atoms with van der Waals surface area (Å²) in [5, 5.41) is 4.43. The number of aromatic nitrogens is 3. The van der Waals surface area contributed by atoms with E-state index in [4.69, 9.17) is 5.84 Å². The second kappa shape index (κ2) is 5.34. The van der Waals surface area contributed by atoms with Crippen molar-refractivity contribution in [2.75, 3.05) is 0 Å². The molecular weight excluding hydrogens is 250 g/mol. The first-order chi connectivity index (χ1) is 9.70. The Balaban J connectivity index is 2.01. The van der Waals surface area contributed by atoms with Crippen molar-refractivity contribution in [3.05, 3.63) is 47.0 Å². The zero-order valence-corrected chi connectivity index (χ0v) is 12.0. The van der Waals surface area contributed by atoms with Crippen LogP contribution < -0.4 is 11.3 Å². The van der Waals surface area contributed by atoms with Gasteiger partial charge in [-0.3, -0.25) is 20.9 Å². The van der Waals surface area contributed by atoms with E-state index in [-0.39, 0.29) is 6.04 Å². The first-order valence-electron chi connectivity index (χ1n) is 7.11. The predicted molar refractivity (Wildman–Crippen MR) is 77.9 cm³/mol. The van der Waals surface area contributed by atoms with Crippen LogP contribution in [-0.2, 0) is 13.5 Å². The number of pyridine rings is 1. The van der Waals surface area contributed by atoms with E-state index in [1.807, 2.05) is 30.9 Å². The summed E-state index contributed by atoms with van der Waals surface area (Å²) in [6.45, 7) is 2.00. The number of nitrogens with zero attached hydrogens (tertiary/aromatic N) is 3. The van der Waals surface area contributed by atoms with E-state index >= 15 is 0 Å². The number of nitrogens with two attached hydrogens (primary N) is 1. The molecule has 20 heavy (non-hydrogen) atoms. The number of hydrogen-bond acceptors (Lipinski definition) is 4. The lowest BCUT2D eigenvalue weighted by atomic mass is 9.81. The molecule has 0 amide bonds. The highest BCUT2D eigenvalue weighted by Gasteiger charge is 2.31. The number of hydrogen-bond donors (Lipinski definition) is 2. The van der Waals surface area contributed by atoms with Gasteiger partial charge in [-0.25, -0.2) is 0 Å². The second-order valence-electron chi connectivity index (χ2n) is 5.53. The normalized spacial score (nSPS) is 19.6. The first kappa shape index (κ1) is 13.3. The van der Waals surface area contributed by atoms with Crippen LogP contribution in [0.1, 0.15) is 47.4 Å². The average Bonchev–Trinajstić information content (AvgIpc) is 2.79. The van der Waals surface area contributed by atoms with Crippen LogP contribution in [0.5, 0.6) is 0 Å². The summed E-state index contributed by atoms with van der Waals surface area (Å²) in [5.41, 5.74) is 7.65. The van der Waals surface area contributed by atoms with Gasteiger partial charge in [0.2, 0.25) is 0 Å². The molecule has 2 heterocycles. The smallest absolute Gasteiger partial charge is 0.0712 e. The number of rotatable bonds is 3. The van der Waals surface area contributed by atoms with Gasteiger partial charge in [0, 0.05) is 24.9 Å². The van der Waals surface area contributed by atoms with Crippen LogP contribution in [0.3, 0.4) is 0 Å². The average molecular weight is 271 g/mol. The maximum absolute atomic E-state index is 5.85. The first-order valence-corrected chi connectivity index (χ1v) is 7.11. The van der Waals surface area contributed by atoms with Crippen LogP contribution in [0.15, 0.2) is 24.4 Å². The Bertz CT molecular complexity index is 604. The van der Waals surface area contributed by atoms with E-state index in [2.05, 4.69) is 27.6 Å². The van der Waals surface area contributed by atoms with Gasteiger partial charge in [0.15, 0.2) is 0 Å². The fourth-order valence-corrected chi connectivity index (χ4v) is 3.30. The van der Waals surface area contributed by atoms with Crippen molar-refractivity contribution in [2.45, 2.75) is 38.1 Å². The molecule has 0 fully saturated rings. The Morgan fingerprint density at radius 3 is 3.05 bits per heavy atom. The van der Waals surface area contributed by atoms with Crippen molar-refractivity contribution in [3.8, 4) is 0 Å². The molecule has 5 heteroatoms. The monoisotopic (exact) mass is 271 g/mol. The van der Waals surface area contributed by atoms with Crippen LogP contribution in [0.25, 0.3) is 0 Å². The molecule has 3 N–H and O–H groups in total. The maximum Gasteiger partial charge on any atom is 0.0712 e. The zero-order valence-electron chi connectivity index (χ0n) is 12.0. The summed E-state index contributed by atoms with van der Waals surface area (Å²) < 4.78 is 1.91. The molecule has 106 valence electrons. The molecule has 3 rings (SSSR count). The summed E-state index contributed by atoms with van der Waals surface area (Å²) in [6.07, 6.45) is 5.27. The third-order valence-corrected chi connectivity index (χ3v) is 4.18. The third kappa shape index (κ3) is 2.23. The van der Waals surface area contributed by atoms with Crippen LogP contribution in [-0.4, -0.2) is 14.8 Å². The molecule has 0 saturated carbocycles. The molecular formula is C15H21N5. The van der Waals surface area contributed by atoms with Gasteiger partial charge in [-0.15, -0.1) is 0 Å².